The van der Waals surface area contributed by atoms with Crippen molar-refractivity contribution in [2.45, 2.75) is 13.3 Å². The molecule has 0 saturated heterocycles. The molecule has 2 aromatic rings. The van der Waals surface area contributed by atoms with E-state index in [2.05, 4.69) is 10.3 Å². The van der Waals surface area contributed by atoms with Gasteiger partial charge in [-0.2, -0.15) is 0 Å². The zero-order chi connectivity index (χ0) is 13.0. The lowest BCUT2D eigenvalue weighted by Crippen LogP contribution is -2.06. The Hall–Kier alpha value is -1.95. The summed E-state index contributed by atoms with van der Waals surface area (Å²) in [5, 5.41) is 17.0. The van der Waals surface area contributed by atoms with Gasteiger partial charge in [0.15, 0.2) is 0 Å². The topological polar surface area (TPSA) is 68.1 Å². The Labute approximate surface area is 109 Å². The van der Waals surface area contributed by atoms with Crippen molar-refractivity contribution < 1.29 is 4.92 Å². The fraction of sp³-hybridized carbons (Fsp3) is 0.250. The van der Waals surface area contributed by atoms with Crippen molar-refractivity contribution in [3.8, 4) is 0 Å². The van der Waals surface area contributed by atoms with E-state index in [-0.39, 0.29) is 10.6 Å². The van der Waals surface area contributed by atoms with Crippen LogP contribution in [0.25, 0.3) is 0 Å². The van der Waals surface area contributed by atoms with Gasteiger partial charge in [-0.3, -0.25) is 10.1 Å². The van der Waals surface area contributed by atoms with Gasteiger partial charge in [-0.25, -0.2) is 4.98 Å². The van der Waals surface area contributed by atoms with Crippen LogP contribution in [-0.4, -0.2) is 16.5 Å². The third kappa shape index (κ3) is 3.04. The van der Waals surface area contributed by atoms with Gasteiger partial charge in [-0.05, 0) is 18.6 Å². The van der Waals surface area contributed by atoms with Gasteiger partial charge in [0.1, 0.15) is 5.69 Å². The highest BCUT2D eigenvalue weighted by Gasteiger charge is 2.13. The molecule has 94 valence electrons. The molecule has 0 radical (unpaired) electrons. The SMILES string of the molecule is Cc1ccc(NCCc2nccs2)c([N+](=O)[O-])c1. The molecule has 0 atom stereocenters. The number of nitrogens with zero attached hydrogens (tertiary/aromatic N) is 2. The second kappa shape index (κ2) is 5.59. The maximum absolute atomic E-state index is 10.9. The van der Waals surface area contributed by atoms with E-state index in [9.17, 15) is 10.1 Å². The quantitative estimate of drug-likeness (QED) is 0.665. The minimum atomic E-state index is -0.362. The van der Waals surface area contributed by atoms with Crippen molar-refractivity contribution in [2.75, 3.05) is 11.9 Å². The Bertz CT molecular complexity index is 540. The van der Waals surface area contributed by atoms with E-state index in [0.717, 1.165) is 17.0 Å². The monoisotopic (exact) mass is 263 g/mol. The molecule has 0 fully saturated rings. The number of benzene rings is 1. The third-order valence-electron chi connectivity index (χ3n) is 2.49. The molecule has 1 heterocycles. The number of hydrogen-bond acceptors (Lipinski definition) is 5. The Balaban J connectivity index is 2.02. The number of nitrogens with one attached hydrogen (secondary N) is 1. The summed E-state index contributed by atoms with van der Waals surface area (Å²) in [6.07, 6.45) is 2.52. The van der Waals surface area contributed by atoms with Gasteiger partial charge in [-0.1, -0.05) is 6.07 Å². The lowest BCUT2D eigenvalue weighted by atomic mass is 10.2. The molecule has 6 heteroatoms. The number of nitro groups is 1. The van der Waals surface area contributed by atoms with Gasteiger partial charge in [-0.15, -0.1) is 11.3 Å². The smallest absolute Gasteiger partial charge is 0.292 e. The summed E-state index contributed by atoms with van der Waals surface area (Å²) < 4.78 is 0. The van der Waals surface area contributed by atoms with Crippen molar-refractivity contribution >= 4 is 22.7 Å². The molecule has 0 amide bonds. The molecule has 5 nitrogen and oxygen atoms in total. The van der Waals surface area contributed by atoms with Gasteiger partial charge >= 0.3 is 0 Å². The number of rotatable bonds is 5. The molecule has 0 aliphatic rings. The first-order valence-corrected chi connectivity index (χ1v) is 6.42. The van der Waals surface area contributed by atoms with Crippen LogP contribution in [0, 0.1) is 17.0 Å². The normalized spacial score (nSPS) is 10.3. The molecule has 1 N–H and O–H groups in total. The Kier molecular flexibility index (Phi) is 3.88. The van der Waals surface area contributed by atoms with E-state index < -0.39 is 0 Å². The van der Waals surface area contributed by atoms with Gasteiger partial charge in [0.05, 0.1) is 9.93 Å². The Morgan fingerprint density at radius 2 is 2.33 bits per heavy atom. The van der Waals surface area contributed by atoms with E-state index in [0.29, 0.717) is 12.2 Å². The second-order valence-corrected chi connectivity index (χ2v) is 4.86. The molecule has 1 aromatic carbocycles. The van der Waals surface area contributed by atoms with Crippen LogP contribution in [0.3, 0.4) is 0 Å². The molecule has 0 spiro atoms. The average molecular weight is 263 g/mol. The number of nitro benzene ring substituents is 1. The van der Waals surface area contributed by atoms with E-state index in [1.807, 2.05) is 18.4 Å². The lowest BCUT2D eigenvalue weighted by Gasteiger charge is -2.06. The summed E-state index contributed by atoms with van der Waals surface area (Å²) in [7, 11) is 0. The standard InChI is InChI=1S/C12H13N3O2S/c1-9-2-3-10(11(8-9)15(16)17)13-5-4-12-14-6-7-18-12/h2-3,6-8,13H,4-5H2,1H3. The Morgan fingerprint density at radius 1 is 1.50 bits per heavy atom. The molecule has 0 bridgehead atoms. The van der Waals surface area contributed by atoms with E-state index >= 15 is 0 Å². The van der Waals surface area contributed by atoms with Crippen molar-refractivity contribution in [1.82, 2.24) is 4.98 Å². The fourth-order valence-corrected chi connectivity index (χ4v) is 2.24. The van der Waals surface area contributed by atoms with Crippen LogP contribution in [0.1, 0.15) is 10.6 Å². The molecular formula is C12H13N3O2S. The third-order valence-corrected chi connectivity index (χ3v) is 3.33. The molecule has 1 aromatic heterocycles. The predicted molar refractivity (Wildman–Crippen MR) is 72.1 cm³/mol. The molecule has 2 rings (SSSR count). The first kappa shape index (κ1) is 12.5. The number of hydrogen-bond donors (Lipinski definition) is 1. The van der Waals surface area contributed by atoms with E-state index in [4.69, 9.17) is 0 Å². The molecule has 0 aliphatic carbocycles. The van der Waals surface area contributed by atoms with Gasteiger partial charge in [0.25, 0.3) is 5.69 Å². The molecular weight excluding hydrogens is 250 g/mol. The van der Waals surface area contributed by atoms with E-state index in [1.165, 1.54) is 0 Å². The molecule has 0 aliphatic heterocycles. The van der Waals surface area contributed by atoms with Crippen LogP contribution < -0.4 is 5.32 Å². The zero-order valence-electron chi connectivity index (χ0n) is 9.92. The summed E-state index contributed by atoms with van der Waals surface area (Å²) in [5.74, 6) is 0. The van der Waals surface area contributed by atoms with Crippen LogP contribution in [0.4, 0.5) is 11.4 Å². The zero-order valence-corrected chi connectivity index (χ0v) is 10.7. The second-order valence-electron chi connectivity index (χ2n) is 3.88. The predicted octanol–water partition coefficient (Wildman–Crippen LogP) is 3.01. The van der Waals surface area contributed by atoms with Crippen LogP contribution in [0.15, 0.2) is 29.8 Å². The minimum absolute atomic E-state index is 0.120. The maximum atomic E-state index is 10.9. The highest BCUT2D eigenvalue weighted by molar-refractivity contribution is 7.09. The maximum Gasteiger partial charge on any atom is 0.292 e. The van der Waals surface area contributed by atoms with Crippen molar-refractivity contribution in [1.29, 1.82) is 0 Å². The minimum Gasteiger partial charge on any atom is -0.379 e. The summed E-state index contributed by atoms with van der Waals surface area (Å²) in [5.41, 5.74) is 1.56. The number of aryl methyl sites for hydroxylation is 1. The lowest BCUT2D eigenvalue weighted by molar-refractivity contribution is -0.384. The largest absolute Gasteiger partial charge is 0.379 e. The van der Waals surface area contributed by atoms with Crippen molar-refractivity contribution in [2.24, 2.45) is 0 Å². The number of thiazole rings is 1. The van der Waals surface area contributed by atoms with Crippen LogP contribution in [0.2, 0.25) is 0 Å². The first-order chi connectivity index (χ1) is 8.66. The highest BCUT2D eigenvalue weighted by Crippen LogP contribution is 2.25. The average Bonchev–Trinajstić information content (AvgIpc) is 2.84. The molecule has 18 heavy (non-hydrogen) atoms. The van der Waals surface area contributed by atoms with E-state index in [1.54, 1.807) is 29.7 Å². The number of aromatic nitrogens is 1. The van der Waals surface area contributed by atoms with Crippen LogP contribution in [-0.2, 0) is 6.42 Å². The van der Waals surface area contributed by atoms with Crippen molar-refractivity contribution in [3.63, 3.8) is 0 Å². The fourth-order valence-electron chi connectivity index (χ4n) is 1.62. The molecule has 0 unspecified atom stereocenters. The number of anilines is 1. The Morgan fingerprint density at radius 3 is 3.00 bits per heavy atom. The van der Waals surface area contributed by atoms with Gasteiger partial charge in [0.2, 0.25) is 0 Å². The molecule has 0 saturated carbocycles. The van der Waals surface area contributed by atoms with Gasteiger partial charge < -0.3 is 5.32 Å². The van der Waals surface area contributed by atoms with Gasteiger partial charge in [0, 0.05) is 30.6 Å². The summed E-state index contributed by atoms with van der Waals surface area (Å²) in [6, 6.07) is 5.18. The van der Waals surface area contributed by atoms with Crippen LogP contribution >= 0.6 is 11.3 Å². The first-order valence-electron chi connectivity index (χ1n) is 5.54. The highest BCUT2D eigenvalue weighted by atomic mass is 32.1. The summed E-state index contributed by atoms with van der Waals surface area (Å²) in [6.45, 7) is 2.48. The summed E-state index contributed by atoms with van der Waals surface area (Å²) in [4.78, 5) is 14.7. The summed E-state index contributed by atoms with van der Waals surface area (Å²) >= 11 is 1.59. The van der Waals surface area contributed by atoms with Crippen LogP contribution in [0.5, 0.6) is 0 Å². The van der Waals surface area contributed by atoms with Crippen molar-refractivity contribution in [3.05, 3.63) is 50.5 Å².